The monoisotopic (exact) mass is 349 g/mol. The molecule has 0 aliphatic carbocycles. The lowest BCUT2D eigenvalue weighted by Gasteiger charge is -2.18. The Morgan fingerprint density at radius 1 is 1.15 bits per heavy atom. The highest BCUT2D eigenvalue weighted by Gasteiger charge is 2.25. The molecule has 3 amide bonds. The number of rotatable bonds is 3. The molecule has 2 N–H and O–H groups in total. The molecule has 0 radical (unpaired) electrons. The summed E-state index contributed by atoms with van der Waals surface area (Å²) in [7, 11) is 0. The highest BCUT2D eigenvalue weighted by molar-refractivity contribution is 6.05. The second-order valence-electron chi connectivity index (χ2n) is 6.18. The first kappa shape index (κ1) is 16.2. The number of nitrogens with zero attached hydrogens (tertiary/aromatic N) is 1. The quantitative estimate of drug-likeness (QED) is 0.756. The molecule has 2 aromatic carbocycles. The summed E-state index contributed by atoms with van der Waals surface area (Å²) >= 11 is 0. The lowest BCUT2D eigenvalue weighted by molar-refractivity contribution is 0.0998. The summed E-state index contributed by atoms with van der Waals surface area (Å²) in [5.74, 6) is -0.0593. The molecule has 0 bridgehead atoms. The number of carbonyl (C=O) groups excluding carboxylic acids is 2. The number of carbonyl (C=O) groups is 2. The number of benzene rings is 2. The second kappa shape index (κ2) is 6.55. The number of para-hydroxylation sites is 1. The minimum Gasteiger partial charge on any atom is -0.451 e. The first-order chi connectivity index (χ1) is 12.7. The Bertz CT molecular complexity index is 960. The van der Waals surface area contributed by atoms with E-state index >= 15 is 0 Å². The van der Waals surface area contributed by atoms with E-state index in [1.54, 1.807) is 11.0 Å². The van der Waals surface area contributed by atoms with Gasteiger partial charge in [-0.3, -0.25) is 9.69 Å². The predicted octanol–water partition coefficient (Wildman–Crippen LogP) is 3.78. The SMILES string of the molecule is CCNC(=O)N1CCc2ccc(NC(=O)c3cc4ccccc4o3)cc21. The smallest absolute Gasteiger partial charge is 0.321 e. The molecule has 0 saturated carbocycles. The van der Waals surface area contributed by atoms with Gasteiger partial charge in [-0.05, 0) is 43.2 Å². The minimum atomic E-state index is -0.316. The van der Waals surface area contributed by atoms with Crippen molar-refractivity contribution in [2.24, 2.45) is 0 Å². The maximum absolute atomic E-state index is 12.5. The van der Waals surface area contributed by atoms with Crippen molar-refractivity contribution >= 4 is 34.3 Å². The van der Waals surface area contributed by atoms with Crippen molar-refractivity contribution < 1.29 is 14.0 Å². The van der Waals surface area contributed by atoms with Gasteiger partial charge in [0.1, 0.15) is 5.58 Å². The highest BCUT2D eigenvalue weighted by Crippen LogP contribution is 2.31. The zero-order valence-corrected chi connectivity index (χ0v) is 14.4. The fraction of sp³-hybridized carbons (Fsp3) is 0.200. The molecule has 26 heavy (non-hydrogen) atoms. The van der Waals surface area contributed by atoms with Gasteiger partial charge >= 0.3 is 6.03 Å². The second-order valence-corrected chi connectivity index (χ2v) is 6.18. The van der Waals surface area contributed by atoms with E-state index in [0.29, 0.717) is 24.4 Å². The van der Waals surface area contributed by atoms with Gasteiger partial charge in [0.2, 0.25) is 0 Å². The van der Waals surface area contributed by atoms with E-state index in [9.17, 15) is 9.59 Å². The average molecular weight is 349 g/mol. The lowest BCUT2D eigenvalue weighted by atomic mass is 10.1. The summed E-state index contributed by atoms with van der Waals surface area (Å²) in [5, 5.41) is 6.55. The Kier molecular flexibility index (Phi) is 4.08. The van der Waals surface area contributed by atoms with Crippen LogP contribution in [0.5, 0.6) is 0 Å². The number of urea groups is 1. The zero-order chi connectivity index (χ0) is 18.1. The first-order valence-corrected chi connectivity index (χ1v) is 8.64. The van der Waals surface area contributed by atoms with Crippen LogP contribution in [0.3, 0.4) is 0 Å². The van der Waals surface area contributed by atoms with Crippen molar-refractivity contribution in [1.29, 1.82) is 0 Å². The standard InChI is InChI=1S/C20H19N3O3/c1-2-21-20(25)23-10-9-13-7-8-15(12-16(13)23)22-19(24)18-11-14-5-3-4-6-17(14)26-18/h3-8,11-12H,2,9-10H2,1H3,(H,21,25)(H,22,24). The molecule has 132 valence electrons. The van der Waals surface area contributed by atoms with Crippen molar-refractivity contribution in [2.45, 2.75) is 13.3 Å². The molecule has 1 aromatic heterocycles. The predicted molar refractivity (Wildman–Crippen MR) is 101 cm³/mol. The molecule has 0 unspecified atom stereocenters. The van der Waals surface area contributed by atoms with E-state index in [2.05, 4.69) is 10.6 Å². The number of hydrogen-bond acceptors (Lipinski definition) is 3. The largest absolute Gasteiger partial charge is 0.451 e. The number of amides is 3. The third-order valence-corrected chi connectivity index (χ3v) is 4.46. The molecule has 6 heteroatoms. The van der Waals surface area contributed by atoms with E-state index < -0.39 is 0 Å². The van der Waals surface area contributed by atoms with Crippen LogP contribution in [0.4, 0.5) is 16.2 Å². The molecule has 2 heterocycles. The molecule has 6 nitrogen and oxygen atoms in total. The van der Waals surface area contributed by atoms with Gasteiger partial charge in [0.15, 0.2) is 5.76 Å². The first-order valence-electron chi connectivity index (χ1n) is 8.64. The topological polar surface area (TPSA) is 74.6 Å². The number of furan rings is 1. The third kappa shape index (κ3) is 2.90. The van der Waals surface area contributed by atoms with Crippen LogP contribution in [-0.2, 0) is 6.42 Å². The number of fused-ring (bicyclic) bond motifs is 2. The van der Waals surface area contributed by atoms with E-state index in [1.807, 2.05) is 49.4 Å². The summed E-state index contributed by atoms with van der Waals surface area (Å²) in [6, 6.07) is 14.7. The number of nitrogens with one attached hydrogen (secondary N) is 2. The van der Waals surface area contributed by atoms with Crippen molar-refractivity contribution in [1.82, 2.24) is 5.32 Å². The van der Waals surface area contributed by atoms with Crippen LogP contribution in [0.2, 0.25) is 0 Å². The van der Waals surface area contributed by atoms with Crippen LogP contribution < -0.4 is 15.5 Å². The maximum atomic E-state index is 12.5. The Labute approximate surface area is 150 Å². The highest BCUT2D eigenvalue weighted by atomic mass is 16.3. The molecule has 4 rings (SSSR count). The maximum Gasteiger partial charge on any atom is 0.321 e. The van der Waals surface area contributed by atoms with Crippen molar-refractivity contribution in [3.8, 4) is 0 Å². The van der Waals surface area contributed by atoms with E-state index in [0.717, 1.165) is 23.1 Å². The fourth-order valence-electron chi connectivity index (χ4n) is 3.20. The number of hydrogen-bond donors (Lipinski definition) is 2. The van der Waals surface area contributed by atoms with E-state index in [-0.39, 0.29) is 17.7 Å². The molecule has 1 aliphatic heterocycles. The average Bonchev–Trinajstić information content (AvgIpc) is 3.25. The van der Waals surface area contributed by atoms with Gasteiger partial charge in [-0.2, -0.15) is 0 Å². The molecule has 0 atom stereocenters. The van der Waals surface area contributed by atoms with Crippen LogP contribution in [-0.4, -0.2) is 25.0 Å². The van der Waals surface area contributed by atoms with Gasteiger partial charge < -0.3 is 15.1 Å². The van der Waals surface area contributed by atoms with E-state index in [4.69, 9.17) is 4.42 Å². The molecule has 3 aromatic rings. The Hall–Kier alpha value is -3.28. The summed E-state index contributed by atoms with van der Waals surface area (Å²) in [6.45, 7) is 3.11. The van der Waals surface area contributed by atoms with Crippen molar-refractivity contribution in [3.05, 3.63) is 59.9 Å². The summed E-state index contributed by atoms with van der Waals surface area (Å²) in [6.07, 6.45) is 0.810. The lowest BCUT2D eigenvalue weighted by Crippen LogP contribution is -2.38. The Morgan fingerprint density at radius 3 is 2.81 bits per heavy atom. The van der Waals surface area contributed by atoms with Gasteiger partial charge in [0, 0.05) is 24.2 Å². The zero-order valence-electron chi connectivity index (χ0n) is 14.4. The van der Waals surface area contributed by atoms with Crippen LogP contribution in [0, 0.1) is 0 Å². The molecular formula is C20H19N3O3. The minimum absolute atomic E-state index is 0.119. The Balaban J connectivity index is 1.56. The van der Waals surface area contributed by atoms with Gasteiger partial charge in [-0.15, -0.1) is 0 Å². The van der Waals surface area contributed by atoms with Gasteiger partial charge in [-0.1, -0.05) is 24.3 Å². The summed E-state index contributed by atoms with van der Waals surface area (Å²) in [4.78, 5) is 26.4. The number of anilines is 2. The normalized spacial score (nSPS) is 12.9. The van der Waals surface area contributed by atoms with Crippen LogP contribution >= 0.6 is 0 Å². The van der Waals surface area contributed by atoms with Gasteiger partial charge in [-0.25, -0.2) is 4.79 Å². The van der Waals surface area contributed by atoms with Crippen molar-refractivity contribution in [2.75, 3.05) is 23.3 Å². The third-order valence-electron chi connectivity index (χ3n) is 4.46. The molecular weight excluding hydrogens is 330 g/mol. The van der Waals surface area contributed by atoms with Gasteiger partial charge in [0.05, 0.1) is 5.69 Å². The van der Waals surface area contributed by atoms with Crippen LogP contribution in [0.15, 0.2) is 52.9 Å². The van der Waals surface area contributed by atoms with Gasteiger partial charge in [0.25, 0.3) is 5.91 Å². The van der Waals surface area contributed by atoms with Crippen molar-refractivity contribution in [3.63, 3.8) is 0 Å². The van der Waals surface area contributed by atoms with Crippen LogP contribution in [0.25, 0.3) is 11.0 Å². The fourth-order valence-corrected chi connectivity index (χ4v) is 3.20. The summed E-state index contributed by atoms with van der Waals surface area (Å²) in [5.41, 5.74) is 3.23. The molecule has 0 saturated heterocycles. The Morgan fingerprint density at radius 2 is 2.00 bits per heavy atom. The molecule has 0 spiro atoms. The van der Waals surface area contributed by atoms with E-state index in [1.165, 1.54) is 0 Å². The molecule has 1 aliphatic rings. The summed E-state index contributed by atoms with van der Waals surface area (Å²) < 4.78 is 5.60. The molecule has 0 fully saturated rings. The van der Waals surface area contributed by atoms with Crippen LogP contribution in [0.1, 0.15) is 23.0 Å².